The fraction of sp³-hybridized carbons (Fsp3) is 0.441. The smallest absolute Gasteiger partial charge is 0.0828 e. The van der Waals surface area contributed by atoms with Crippen LogP contribution in [-0.4, -0.2) is 15.0 Å². The van der Waals surface area contributed by atoms with Gasteiger partial charge in [-0.1, -0.05) is 115 Å². The third-order valence-electron chi connectivity index (χ3n) is 7.45. The number of benzene rings is 2. The first kappa shape index (κ1) is 33.4. The molecule has 0 spiro atoms. The van der Waals surface area contributed by atoms with E-state index in [2.05, 4.69) is 79.2 Å². The monoisotopic (exact) mass is 698 g/mol. The number of anilines is 2. The van der Waals surface area contributed by atoms with Gasteiger partial charge in [0.25, 0.3) is 0 Å². The molecule has 0 radical (unpaired) electrons. The zero-order valence-corrected chi connectivity index (χ0v) is 28.5. The Labute approximate surface area is 268 Å². The van der Waals surface area contributed by atoms with E-state index in [1.165, 1.54) is 77.0 Å². The van der Waals surface area contributed by atoms with Crippen molar-refractivity contribution in [2.24, 2.45) is 5.92 Å². The first-order chi connectivity index (χ1) is 20.0. The molecule has 2 aromatic carbocycles. The van der Waals surface area contributed by atoms with Gasteiger partial charge in [-0.25, -0.2) is 0 Å². The van der Waals surface area contributed by atoms with Crippen molar-refractivity contribution in [3.8, 4) is 0 Å². The van der Waals surface area contributed by atoms with Crippen LogP contribution in [0.5, 0.6) is 0 Å². The Bertz CT molecular complexity index is 1340. The molecule has 0 saturated carbocycles. The Morgan fingerprint density at radius 1 is 0.732 bits per heavy atom. The van der Waals surface area contributed by atoms with E-state index in [1.54, 1.807) is 12.4 Å². The van der Waals surface area contributed by atoms with Crippen LogP contribution < -0.4 is 11.1 Å². The topological polar surface area (TPSA) is 63.8 Å². The number of nitrogens with one attached hydrogen (secondary N) is 1. The van der Waals surface area contributed by atoms with Crippen LogP contribution in [0.15, 0.2) is 70.1 Å². The highest BCUT2D eigenvalue weighted by Gasteiger charge is 2.16. The second-order valence-electron chi connectivity index (χ2n) is 10.7. The van der Waals surface area contributed by atoms with Crippen molar-refractivity contribution >= 4 is 82.0 Å². The number of hydrogen-bond donors (Lipinski definition) is 2. The average Bonchev–Trinajstić information content (AvgIpc) is 2.96. The third-order valence-corrected chi connectivity index (χ3v) is 9.09. The number of rotatable bonds is 14. The average molecular weight is 701 g/mol. The molecule has 0 bridgehead atoms. The minimum Gasteiger partial charge on any atom is -0.398 e. The van der Waals surface area contributed by atoms with Gasteiger partial charge in [0, 0.05) is 72.6 Å². The molecule has 0 amide bonds. The number of nitrogen functional groups attached to an aromatic ring is 1. The molecule has 0 saturated heterocycles. The SMILES string of the molecule is CCCCCCCCC(CCCCCC)C(=S)Nc1cccc2cncc(Br)c12.Nc1cccc2cncc(Br)c12. The van der Waals surface area contributed by atoms with Gasteiger partial charge in [-0.15, -0.1) is 0 Å². The molecule has 1 atom stereocenters. The summed E-state index contributed by atoms with van der Waals surface area (Å²) >= 11 is 13.0. The fourth-order valence-electron chi connectivity index (χ4n) is 5.15. The normalized spacial score (nSPS) is 11.7. The van der Waals surface area contributed by atoms with Gasteiger partial charge in [-0.05, 0) is 56.8 Å². The Hall–Kier alpha value is -2.09. The summed E-state index contributed by atoms with van der Waals surface area (Å²) in [7, 11) is 0. The summed E-state index contributed by atoms with van der Waals surface area (Å²) in [5, 5.41) is 7.98. The number of pyridine rings is 2. The van der Waals surface area contributed by atoms with E-state index in [0.717, 1.165) is 46.9 Å². The molecule has 4 nitrogen and oxygen atoms in total. The van der Waals surface area contributed by atoms with Gasteiger partial charge >= 0.3 is 0 Å². The molecule has 0 aliphatic carbocycles. The molecule has 0 aliphatic rings. The third kappa shape index (κ3) is 10.6. The lowest BCUT2D eigenvalue weighted by molar-refractivity contribution is 0.491. The molecule has 3 N–H and O–H groups in total. The van der Waals surface area contributed by atoms with Crippen LogP contribution in [0.3, 0.4) is 0 Å². The number of nitrogens with zero attached hydrogens (tertiary/aromatic N) is 2. The second-order valence-corrected chi connectivity index (χ2v) is 12.8. The van der Waals surface area contributed by atoms with Crippen molar-refractivity contribution in [3.63, 3.8) is 0 Å². The zero-order valence-electron chi connectivity index (χ0n) is 24.5. The van der Waals surface area contributed by atoms with Crippen LogP contribution in [0.2, 0.25) is 0 Å². The first-order valence-electron chi connectivity index (χ1n) is 15.1. The molecule has 220 valence electrons. The molecule has 4 aromatic rings. The lowest BCUT2D eigenvalue weighted by Gasteiger charge is -2.21. The molecular formula is C34H44Br2N4S. The molecule has 2 aromatic heterocycles. The maximum absolute atomic E-state index is 5.92. The van der Waals surface area contributed by atoms with E-state index in [9.17, 15) is 0 Å². The van der Waals surface area contributed by atoms with E-state index in [-0.39, 0.29) is 0 Å². The summed E-state index contributed by atoms with van der Waals surface area (Å²) in [6.45, 7) is 4.55. The van der Waals surface area contributed by atoms with E-state index < -0.39 is 0 Å². The van der Waals surface area contributed by atoms with Gasteiger partial charge < -0.3 is 11.1 Å². The lowest BCUT2D eigenvalue weighted by Crippen LogP contribution is -2.21. The summed E-state index contributed by atoms with van der Waals surface area (Å²) in [6.07, 6.45) is 23.0. The Balaban J connectivity index is 0.000000317. The van der Waals surface area contributed by atoms with Crippen molar-refractivity contribution in [3.05, 3.63) is 70.1 Å². The number of unbranched alkanes of at least 4 members (excludes halogenated alkanes) is 8. The number of aromatic nitrogens is 2. The standard InChI is InChI=1S/C25H37BrN2S.C9H7BrN2/c1-3-5-7-9-10-12-15-20(14-11-8-6-4-2)25(29)28-23-17-13-16-21-18-27-19-22(26)24(21)23;10-7-5-12-4-6-2-1-3-8(11)9(6)7/h13,16-20H,3-12,14-15H2,1-2H3,(H,28,29);1-5H,11H2. The molecule has 0 fully saturated rings. The summed E-state index contributed by atoms with van der Waals surface area (Å²) in [5.41, 5.74) is 7.67. The number of halogens is 2. The highest BCUT2D eigenvalue weighted by atomic mass is 79.9. The summed E-state index contributed by atoms with van der Waals surface area (Å²) in [5.74, 6) is 0.476. The maximum Gasteiger partial charge on any atom is 0.0828 e. The number of thiocarbonyl (C=S) groups is 1. The van der Waals surface area contributed by atoms with Crippen molar-refractivity contribution in [2.45, 2.75) is 90.9 Å². The predicted octanol–water partition coefficient (Wildman–Crippen LogP) is 11.7. The van der Waals surface area contributed by atoms with Gasteiger partial charge in [0.2, 0.25) is 0 Å². The summed E-state index contributed by atoms with van der Waals surface area (Å²) < 4.78 is 1.95. The Morgan fingerprint density at radius 2 is 1.24 bits per heavy atom. The fourth-order valence-corrected chi connectivity index (χ4v) is 6.63. The highest BCUT2D eigenvalue weighted by Crippen LogP contribution is 2.31. The highest BCUT2D eigenvalue weighted by molar-refractivity contribution is 9.11. The summed E-state index contributed by atoms with van der Waals surface area (Å²) in [4.78, 5) is 9.35. The minimum atomic E-state index is 0.476. The van der Waals surface area contributed by atoms with Gasteiger partial charge in [0.15, 0.2) is 0 Å². The quantitative estimate of drug-likeness (QED) is 0.0779. The zero-order chi connectivity index (χ0) is 29.5. The van der Waals surface area contributed by atoms with Crippen LogP contribution in [0.1, 0.15) is 90.9 Å². The van der Waals surface area contributed by atoms with Crippen LogP contribution in [0.25, 0.3) is 21.5 Å². The molecular weight excluding hydrogens is 656 g/mol. The number of fused-ring (bicyclic) bond motifs is 2. The van der Waals surface area contributed by atoms with E-state index in [4.69, 9.17) is 18.0 Å². The van der Waals surface area contributed by atoms with Gasteiger partial charge in [0.1, 0.15) is 0 Å². The minimum absolute atomic E-state index is 0.476. The largest absolute Gasteiger partial charge is 0.398 e. The lowest BCUT2D eigenvalue weighted by atomic mass is 9.93. The second kappa shape index (κ2) is 18.4. The van der Waals surface area contributed by atoms with Crippen LogP contribution in [0, 0.1) is 5.92 Å². The van der Waals surface area contributed by atoms with E-state index in [0.29, 0.717) is 5.92 Å². The van der Waals surface area contributed by atoms with Crippen LogP contribution in [0.4, 0.5) is 11.4 Å². The van der Waals surface area contributed by atoms with Crippen molar-refractivity contribution < 1.29 is 0 Å². The molecule has 1 unspecified atom stereocenters. The Kier molecular flexibility index (Phi) is 15.0. The molecule has 7 heteroatoms. The Morgan fingerprint density at radius 3 is 1.85 bits per heavy atom. The molecule has 0 aliphatic heterocycles. The first-order valence-corrected chi connectivity index (χ1v) is 17.1. The van der Waals surface area contributed by atoms with E-state index >= 15 is 0 Å². The maximum atomic E-state index is 5.92. The predicted molar refractivity (Wildman–Crippen MR) is 190 cm³/mol. The van der Waals surface area contributed by atoms with Gasteiger partial charge in [-0.3, -0.25) is 9.97 Å². The molecule has 2 heterocycles. The van der Waals surface area contributed by atoms with Crippen LogP contribution in [-0.2, 0) is 0 Å². The van der Waals surface area contributed by atoms with E-state index in [1.807, 2.05) is 30.6 Å². The van der Waals surface area contributed by atoms with Crippen LogP contribution >= 0.6 is 44.1 Å². The number of hydrogen-bond acceptors (Lipinski definition) is 4. The van der Waals surface area contributed by atoms with Crippen molar-refractivity contribution in [1.29, 1.82) is 0 Å². The molecule has 41 heavy (non-hydrogen) atoms. The molecule has 4 rings (SSSR count). The summed E-state index contributed by atoms with van der Waals surface area (Å²) in [6, 6.07) is 12.1. The number of nitrogens with two attached hydrogens (primary N) is 1. The van der Waals surface area contributed by atoms with Gasteiger partial charge in [0.05, 0.1) is 4.99 Å². The van der Waals surface area contributed by atoms with Gasteiger partial charge in [-0.2, -0.15) is 0 Å². The van der Waals surface area contributed by atoms with Crippen molar-refractivity contribution in [2.75, 3.05) is 11.1 Å². The van der Waals surface area contributed by atoms with Crippen molar-refractivity contribution in [1.82, 2.24) is 9.97 Å².